The first-order chi connectivity index (χ1) is 9.17. The van der Waals surface area contributed by atoms with Crippen LogP contribution in [0.1, 0.15) is 35.9 Å². The molecule has 0 saturated carbocycles. The average Bonchev–Trinajstić information content (AvgIpc) is 2.76. The normalized spacial score (nSPS) is 11.1. The van der Waals surface area contributed by atoms with E-state index in [1.807, 2.05) is 6.92 Å². The first kappa shape index (κ1) is 13.5. The molecular weight excluding hydrogens is 244 g/mol. The summed E-state index contributed by atoms with van der Waals surface area (Å²) in [6, 6.07) is 5.00. The zero-order chi connectivity index (χ0) is 13.8. The van der Waals surface area contributed by atoms with E-state index >= 15 is 0 Å². The molecule has 0 aliphatic rings. The van der Waals surface area contributed by atoms with E-state index in [1.54, 1.807) is 18.2 Å². The molecule has 102 valence electrons. The molecule has 2 rings (SSSR count). The number of hydrogen-bond donors (Lipinski definition) is 2. The highest BCUT2D eigenvalue weighted by Gasteiger charge is 2.11. The topological polar surface area (TPSA) is 75.3 Å². The Morgan fingerprint density at radius 1 is 1.37 bits per heavy atom. The average molecular weight is 262 g/mol. The maximum absolute atomic E-state index is 11.0. The zero-order valence-corrected chi connectivity index (χ0v) is 11.0. The number of aromatic nitrogens is 2. The first-order valence-corrected chi connectivity index (χ1v) is 6.50. The van der Waals surface area contributed by atoms with Gasteiger partial charge in [0.25, 0.3) is 0 Å². The number of aliphatic hydroxyl groups excluding tert-OH is 1. The molecule has 0 saturated heterocycles. The number of aryl methyl sites for hydroxylation is 2. The molecule has 0 amide bonds. The maximum atomic E-state index is 11.0. The summed E-state index contributed by atoms with van der Waals surface area (Å²) in [5, 5.41) is 17.9. The lowest BCUT2D eigenvalue weighted by Gasteiger charge is -2.07. The van der Waals surface area contributed by atoms with E-state index in [1.165, 1.54) is 0 Å². The smallest absolute Gasteiger partial charge is 0.335 e. The Hall–Kier alpha value is -1.88. The molecule has 0 atom stereocenters. The fourth-order valence-electron chi connectivity index (χ4n) is 2.21. The third kappa shape index (κ3) is 2.76. The number of fused-ring (bicyclic) bond motifs is 1. The zero-order valence-electron chi connectivity index (χ0n) is 11.0. The van der Waals surface area contributed by atoms with Gasteiger partial charge in [-0.15, -0.1) is 0 Å². The van der Waals surface area contributed by atoms with Crippen molar-refractivity contribution in [1.82, 2.24) is 9.55 Å². The van der Waals surface area contributed by atoms with Crippen molar-refractivity contribution in [3.8, 4) is 0 Å². The highest BCUT2D eigenvalue weighted by atomic mass is 16.4. The van der Waals surface area contributed by atoms with Crippen LogP contribution in [0.15, 0.2) is 18.2 Å². The number of carboxylic acids is 1. The maximum Gasteiger partial charge on any atom is 0.335 e. The fraction of sp³-hybridized carbons (Fsp3) is 0.429. The molecule has 0 unspecified atom stereocenters. The molecule has 1 aromatic heterocycles. The van der Waals surface area contributed by atoms with Gasteiger partial charge in [-0.1, -0.05) is 6.92 Å². The van der Waals surface area contributed by atoms with Crippen LogP contribution in [-0.2, 0) is 13.0 Å². The summed E-state index contributed by atoms with van der Waals surface area (Å²) in [5.41, 5.74) is 1.96. The highest BCUT2D eigenvalue weighted by Crippen LogP contribution is 2.19. The van der Waals surface area contributed by atoms with Gasteiger partial charge in [0, 0.05) is 19.6 Å². The quantitative estimate of drug-likeness (QED) is 0.781. The molecule has 1 heterocycles. The summed E-state index contributed by atoms with van der Waals surface area (Å²) in [6.45, 7) is 2.96. The van der Waals surface area contributed by atoms with E-state index in [-0.39, 0.29) is 12.2 Å². The Bertz CT molecular complexity index is 590. The molecule has 0 aliphatic carbocycles. The minimum absolute atomic E-state index is 0.175. The summed E-state index contributed by atoms with van der Waals surface area (Å²) in [4.78, 5) is 15.5. The number of benzene rings is 1. The molecule has 0 aliphatic heterocycles. The van der Waals surface area contributed by atoms with Crippen molar-refractivity contribution >= 4 is 17.0 Å². The van der Waals surface area contributed by atoms with Crippen LogP contribution in [0.5, 0.6) is 0 Å². The van der Waals surface area contributed by atoms with Gasteiger partial charge in [0.05, 0.1) is 16.6 Å². The summed E-state index contributed by atoms with van der Waals surface area (Å²) in [7, 11) is 0. The Kier molecular flexibility index (Phi) is 4.16. The summed E-state index contributed by atoms with van der Waals surface area (Å²) < 4.78 is 2.05. The van der Waals surface area contributed by atoms with E-state index in [0.717, 1.165) is 42.7 Å². The van der Waals surface area contributed by atoms with Gasteiger partial charge < -0.3 is 14.8 Å². The van der Waals surface area contributed by atoms with Gasteiger partial charge in [0.15, 0.2) is 0 Å². The Balaban J connectivity index is 2.44. The SMILES string of the molecule is CCc1nc2ccc(C(=O)O)cc2n1CCCCO. The molecule has 0 radical (unpaired) electrons. The lowest BCUT2D eigenvalue weighted by Crippen LogP contribution is -2.04. The summed E-state index contributed by atoms with van der Waals surface area (Å²) in [6.07, 6.45) is 2.39. The van der Waals surface area contributed by atoms with Crippen LogP contribution in [0.2, 0.25) is 0 Å². The van der Waals surface area contributed by atoms with Crippen molar-refractivity contribution in [2.45, 2.75) is 32.7 Å². The van der Waals surface area contributed by atoms with Crippen molar-refractivity contribution in [1.29, 1.82) is 0 Å². The minimum atomic E-state index is -0.928. The number of aliphatic hydroxyl groups is 1. The molecule has 5 heteroatoms. The summed E-state index contributed by atoms with van der Waals surface area (Å²) >= 11 is 0. The predicted octanol–water partition coefficient (Wildman–Crippen LogP) is 2.07. The van der Waals surface area contributed by atoms with E-state index < -0.39 is 5.97 Å². The van der Waals surface area contributed by atoms with Gasteiger partial charge >= 0.3 is 5.97 Å². The van der Waals surface area contributed by atoms with Crippen LogP contribution < -0.4 is 0 Å². The fourth-order valence-corrected chi connectivity index (χ4v) is 2.21. The van der Waals surface area contributed by atoms with Crippen molar-refractivity contribution in [2.75, 3.05) is 6.61 Å². The van der Waals surface area contributed by atoms with E-state index in [0.29, 0.717) is 0 Å². The number of aromatic carboxylic acids is 1. The second-order valence-electron chi connectivity index (χ2n) is 4.47. The Labute approximate surface area is 111 Å². The molecule has 0 bridgehead atoms. The molecule has 2 N–H and O–H groups in total. The number of carboxylic acid groups (broad SMARTS) is 1. The number of rotatable bonds is 6. The van der Waals surface area contributed by atoms with Crippen molar-refractivity contribution in [3.63, 3.8) is 0 Å². The van der Waals surface area contributed by atoms with Crippen LogP contribution in [0, 0.1) is 0 Å². The number of imidazole rings is 1. The standard InChI is InChI=1S/C14H18N2O3/c1-2-13-15-11-6-5-10(14(18)19)9-12(11)16(13)7-3-4-8-17/h5-6,9,17H,2-4,7-8H2,1H3,(H,18,19). The Morgan fingerprint density at radius 2 is 2.16 bits per heavy atom. The van der Waals surface area contributed by atoms with Gasteiger partial charge in [-0.25, -0.2) is 9.78 Å². The van der Waals surface area contributed by atoms with E-state index in [2.05, 4.69) is 9.55 Å². The monoisotopic (exact) mass is 262 g/mol. The largest absolute Gasteiger partial charge is 0.478 e. The first-order valence-electron chi connectivity index (χ1n) is 6.50. The number of hydrogen-bond acceptors (Lipinski definition) is 3. The lowest BCUT2D eigenvalue weighted by molar-refractivity contribution is 0.0697. The number of unbranched alkanes of at least 4 members (excludes halogenated alkanes) is 1. The van der Waals surface area contributed by atoms with E-state index in [4.69, 9.17) is 10.2 Å². The highest BCUT2D eigenvalue weighted by molar-refractivity contribution is 5.92. The van der Waals surface area contributed by atoms with Crippen molar-refractivity contribution in [2.24, 2.45) is 0 Å². The third-order valence-electron chi connectivity index (χ3n) is 3.18. The van der Waals surface area contributed by atoms with Crippen LogP contribution >= 0.6 is 0 Å². The van der Waals surface area contributed by atoms with Gasteiger partial charge in [0.2, 0.25) is 0 Å². The third-order valence-corrected chi connectivity index (χ3v) is 3.18. The van der Waals surface area contributed by atoms with Crippen LogP contribution in [0.25, 0.3) is 11.0 Å². The molecule has 0 fully saturated rings. The van der Waals surface area contributed by atoms with Crippen LogP contribution in [0.3, 0.4) is 0 Å². The molecule has 19 heavy (non-hydrogen) atoms. The van der Waals surface area contributed by atoms with Crippen molar-refractivity contribution in [3.05, 3.63) is 29.6 Å². The molecule has 0 spiro atoms. The number of nitrogens with zero attached hydrogens (tertiary/aromatic N) is 2. The van der Waals surface area contributed by atoms with Crippen LogP contribution in [-0.4, -0.2) is 32.3 Å². The van der Waals surface area contributed by atoms with Gasteiger partial charge in [0.1, 0.15) is 5.82 Å². The second-order valence-corrected chi connectivity index (χ2v) is 4.47. The molecule has 5 nitrogen and oxygen atoms in total. The Morgan fingerprint density at radius 3 is 2.79 bits per heavy atom. The number of carbonyl (C=O) groups is 1. The second kappa shape index (κ2) is 5.84. The predicted molar refractivity (Wildman–Crippen MR) is 72.4 cm³/mol. The molecule has 1 aromatic carbocycles. The summed E-state index contributed by atoms with van der Waals surface area (Å²) in [5.74, 6) is 0.0264. The van der Waals surface area contributed by atoms with Crippen LogP contribution in [0.4, 0.5) is 0 Å². The molecular formula is C14H18N2O3. The minimum Gasteiger partial charge on any atom is -0.478 e. The van der Waals surface area contributed by atoms with E-state index in [9.17, 15) is 4.79 Å². The lowest BCUT2D eigenvalue weighted by atomic mass is 10.2. The van der Waals surface area contributed by atoms with Gasteiger partial charge in [-0.05, 0) is 31.0 Å². The van der Waals surface area contributed by atoms with Gasteiger partial charge in [-0.2, -0.15) is 0 Å². The van der Waals surface area contributed by atoms with Crippen molar-refractivity contribution < 1.29 is 15.0 Å². The van der Waals surface area contributed by atoms with Gasteiger partial charge in [-0.3, -0.25) is 0 Å². The molecule has 2 aromatic rings.